The smallest absolute Gasteiger partial charge is 0.270 e. The van der Waals surface area contributed by atoms with E-state index in [0.29, 0.717) is 42.5 Å². The molecule has 0 aliphatic carbocycles. The molecule has 4 rings (SSSR count). The van der Waals surface area contributed by atoms with E-state index in [1.54, 1.807) is 19.2 Å². The van der Waals surface area contributed by atoms with Crippen molar-refractivity contribution in [2.24, 2.45) is 16.0 Å². The maximum absolute atomic E-state index is 12.3. The zero-order valence-electron chi connectivity index (χ0n) is 18.5. The lowest BCUT2D eigenvalue weighted by molar-refractivity contribution is 0.0932. The van der Waals surface area contributed by atoms with E-state index in [0.717, 1.165) is 31.7 Å². The number of nitrogens with two attached hydrogens (primary N) is 1. The van der Waals surface area contributed by atoms with Crippen molar-refractivity contribution in [1.29, 1.82) is 0 Å². The highest BCUT2D eigenvalue weighted by molar-refractivity contribution is 7.85. The number of piperidine rings is 1. The number of rotatable bonds is 8. The van der Waals surface area contributed by atoms with Gasteiger partial charge in [0.15, 0.2) is 0 Å². The maximum atomic E-state index is 12.3. The Bertz CT molecular complexity index is 1060. The molecule has 2 unspecified atom stereocenters. The molecule has 2 aromatic rings. The van der Waals surface area contributed by atoms with Crippen LogP contribution >= 0.6 is 0 Å². The first-order valence-corrected chi connectivity index (χ1v) is 11.9. The Morgan fingerprint density at radius 1 is 1.33 bits per heavy atom. The van der Waals surface area contributed by atoms with Gasteiger partial charge in [-0.25, -0.2) is 9.19 Å². The third-order valence-corrected chi connectivity index (χ3v) is 6.29. The molecule has 1 saturated heterocycles. The van der Waals surface area contributed by atoms with Crippen LogP contribution in [0.15, 0.2) is 40.8 Å². The Hall–Kier alpha value is -3.18. The van der Waals surface area contributed by atoms with Crippen molar-refractivity contribution in [2.45, 2.75) is 12.8 Å². The molecule has 0 spiro atoms. The van der Waals surface area contributed by atoms with Crippen molar-refractivity contribution in [2.75, 3.05) is 49.6 Å². The number of amides is 1. The van der Waals surface area contributed by atoms with Crippen LogP contribution in [0, 0.1) is 5.92 Å². The largest absolute Gasteiger partial charge is 0.492 e. The molecule has 10 nitrogen and oxygen atoms in total. The summed E-state index contributed by atoms with van der Waals surface area (Å²) in [5.41, 5.74) is 7.67. The van der Waals surface area contributed by atoms with Crippen molar-refractivity contribution >= 4 is 34.4 Å². The van der Waals surface area contributed by atoms with Crippen LogP contribution in [-0.4, -0.2) is 60.9 Å². The standard InChI is InChI=1S/C22H28N6O4S/c1-31-12-10-24-22(29)17-7-3-9-19(25-17)28-11-4-5-15(13-28)14-32-18-8-2-6-16-20(18)21(23)27-33(30)26-16/h2-3,6-9,15,26H,4-5,10-14H2,1H3,(H2,23,27)(H,24,29). The molecule has 0 bridgehead atoms. The molecule has 1 aromatic carbocycles. The number of hydrogen-bond acceptors (Lipinski definition) is 7. The molecule has 33 heavy (non-hydrogen) atoms. The van der Waals surface area contributed by atoms with Crippen LogP contribution in [0.2, 0.25) is 0 Å². The van der Waals surface area contributed by atoms with E-state index in [1.165, 1.54) is 0 Å². The monoisotopic (exact) mass is 472 g/mol. The van der Waals surface area contributed by atoms with E-state index in [9.17, 15) is 9.00 Å². The lowest BCUT2D eigenvalue weighted by Crippen LogP contribution is -2.38. The number of hydrogen-bond donors (Lipinski definition) is 3. The average Bonchev–Trinajstić information content (AvgIpc) is 2.82. The summed E-state index contributed by atoms with van der Waals surface area (Å²) in [6.45, 7) is 3.03. The van der Waals surface area contributed by atoms with Gasteiger partial charge < -0.3 is 25.4 Å². The normalized spacial score (nSPS) is 19.8. The maximum Gasteiger partial charge on any atom is 0.270 e. The molecule has 0 saturated carbocycles. The van der Waals surface area contributed by atoms with E-state index < -0.39 is 11.2 Å². The second-order valence-corrected chi connectivity index (χ2v) is 8.79. The van der Waals surface area contributed by atoms with Gasteiger partial charge in [-0.1, -0.05) is 12.1 Å². The molecule has 176 valence electrons. The molecule has 1 amide bonds. The molecular weight excluding hydrogens is 444 g/mol. The fraction of sp³-hybridized carbons (Fsp3) is 0.409. The number of benzene rings is 1. The molecule has 2 atom stereocenters. The lowest BCUT2D eigenvalue weighted by Gasteiger charge is -2.33. The Morgan fingerprint density at radius 2 is 2.18 bits per heavy atom. The van der Waals surface area contributed by atoms with E-state index in [2.05, 4.69) is 24.3 Å². The summed E-state index contributed by atoms with van der Waals surface area (Å²) in [5.74, 6) is 1.66. The van der Waals surface area contributed by atoms with Gasteiger partial charge >= 0.3 is 0 Å². The van der Waals surface area contributed by atoms with Crippen LogP contribution in [0.4, 0.5) is 11.5 Å². The minimum Gasteiger partial charge on any atom is -0.492 e. The van der Waals surface area contributed by atoms with Crippen molar-refractivity contribution in [3.8, 4) is 5.75 Å². The van der Waals surface area contributed by atoms with Crippen LogP contribution in [0.1, 0.15) is 28.9 Å². The van der Waals surface area contributed by atoms with Gasteiger partial charge in [-0.05, 0) is 37.1 Å². The molecule has 1 aromatic heterocycles. The molecule has 1 fully saturated rings. The van der Waals surface area contributed by atoms with Crippen LogP contribution < -0.4 is 25.4 Å². The number of pyridine rings is 1. The molecule has 4 N–H and O–H groups in total. The van der Waals surface area contributed by atoms with E-state index in [4.69, 9.17) is 15.2 Å². The van der Waals surface area contributed by atoms with Crippen molar-refractivity contribution in [1.82, 2.24) is 10.3 Å². The van der Waals surface area contributed by atoms with Gasteiger partial charge in [0.05, 0.1) is 24.5 Å². The summed E-state index contributed by atoms with van der Waals surface area (Å²) in [6.07, 6.45) is 2.02. The zero-order valence-corrected chi connectivity index (χ0v) is 19.3. The van der Waals surface area contributed by atoms with Crippen LogP contribution in [0.25, 0.3) is 0 Å². The van der Waals surface area contributed by atoms with E-state index >= 15 is 0 Å². The Kier molecular flexibility index (Phi) is 7.40. The Labute approximate surface area is 195 Å². The highest BCUT2D eigenvalue weighted by atomic mass is 32.2. The summed E-state index contributed by atoms with van der Waals surface area (Å²) in [5, 5.41) is 2.80. The minimum absolute atomic E-state index is 0.202. The number of aromatic nitrogens is 1. The highest BCUT2D eigenvalue weighted by Gasteiger charge is 2.24. The summed E-state index contributed by atoms with van der Waals surface area (Å²) >= 11 is -1.57. The van der Waals surface area contributed by atoms with Crippen molar-refractivity contribution < 1.29 is 18.5 Å². The number of carbonyl (C=O) groups excluding carboxylic acids is 1. The van der Waals surface area contributed by atoms with Gasteiger partial charge in [0, 0.05) is 32.7 Å². The number of nitrogens with zero attached hydrogens (tertiary/aromatic N) is 3. The highest BCUT2D eigenvalue weighted by Crippen LogP contribution is 2.30. The predicted octanol–water partition coefficient (Wildman–Crippen LogP) is 1.46. The third-order valence-electron chi connectivity index (χ3n) is 5.54. The third kappa shape index (κ3) is 5.60. The zero-order chi connectivity index (χ0) is 23.2. The quantitative estimate of drug-likeness (QED) is 0.496. The first-order chi connectivity index (χ1) is 16.0. The first kappa shape index (κ1) is 23.0. The predicted molar refractivity (Wildman–Crippen MR) is 128 cm³/mol. The lowest BCUT2D eigenvalue weighted by atomic mass is 9.99. The molecule has 0 radical (unpaired) electrons. The Balaban J connectivity index is 1.39. The fourth-order valence-corrected chi connectivity index (χ4v) is 4.63. The van der Waals surface area contributed by atoms with Crippen LogP contribution in [0.3, 0.4) is 0 Å². The Morgan fingerprint density at radius 3 is 3.03 bits per heavy atom. The SMILES string of the molecule is COCCNC(=O)c1cccc(N2CCCC(COc3cccc4c3C(N)=NS(=O)N4)C2)n1. The molecule has 3 heterocycles. The second-order valence-electron chi connectivity index (χ2n) is 7.90. The number of carbonyl (C=O) groups is 1. The first-order valence-electron chi connectivity index (χ1n) is 10.8. The van der Waals surface area contributed by atoms with Crippen molar-refractivity contribution in [3.05, 3.63) is 47.7 Å². The topological polar surface area (TPSA) is 131 Å². The molecular formula is C22H28N6O4S. The number of anilines is 2. The van der Waals surface area contributed by atoms with Gasteiger partial charge in [0.2, 0.25) is 11.2 Å². The number of ether oxygens (including phenoxy) is 2. The average molecular weight is 473 g/mol. The molecule has 11 heteroatoms. The van der Waals surface area contributed by atoms with Crippen LogP contribution in [0.5, 0.6) is 5.75 Å². The van der Waals surface area contributed by atoms with Crippen LogP contribution in [-0.2, 0) is 15.9 Å². The number of fused-ring (bicyclic) bond motifs is 1. The number of nitrogens with one attached hydrogen (secondary N) is 2. The fourth-order valence-electron chi connectivity index (χ4n) is 3.95. The summed E-state index contributed by atoms with van der Waals surface area (Å²) in [6, 6.07) is 11.0. The number of amidine groups is 1. The summed E-state index contributed by atoms with van der Waals surface area (Å²) in [7, 11) is 1.59. The van der Waals surface area contributed by atoms with Gasteiger partial charge in [0.25, 0.3) is 5.91 Å². The van der Waals surface area contributed by atoms with Gasteiger partial charge in [-0.2, -0.15) is 4.40 Å². The molecule has 2 aliphatic rings. The number of methoxy groups -OCH3 is 1. The molecule has 2 aliphatic heterocycles. The summed E-state index contributed by atoms with van der Waals surface area (Å²) in [4.78, 5) is 19.1. The van der Waals surface area contributed by atoms with Gasteiger partial charge in [0.1, 0.15) is 23.1 Å². The summed E-state index contributed by atoms with van der Waals surface area (Å²) < 4.78 is 29.5. The second kappa shape index (κ2) is 10.6. The minimum atomic E-state index is -1.57. The van der Waals surface area contributed by atoms with Gasteiger partial charge in [-0.15, -0.1) is 0 Å². The van der Waals surface area contributed by atoms with E-state index in [1.807, 2.05) is 24.3 Å². The van der Waals surface area contributed by atoms with Gasteiger partial charge in [-0.3, -0.25) is 9.52 Å². The van der Waals surface area contributed by atoms with E-state index in [-0.39, 0.29) is 17.7 Å². The van der Waals surface area contributed by atoms with Crippen molar-refractivity contribution in [3.63, 3.8) is 0 Å².